The molecule has 0 spiro atoms. The fraction of sp³-hybridized carbons (Fsp3) is 0.429. The Hall–Kier alpha value is -2.35. The number of aryl methyl sites for hydroxylation is 2. The first-order valence-corrected chi connectivity index (χ1v) is 11.6. The van der Waals surface area contributed by atoms with E-state index in [-0.39, 0.29) is 11.7 Å². The lowest BCUT2D eigenvalue weighted by Crippen LogP contribution is -2.14. The van der Waals surface area contributed by atoms with Gasteiger partial charge in [0.2, 0.25) is 0 Å². The zero-order valence-corrected chi connectivity index (χ0v) is 18.3. The topological polar surface area (TPSA) is 9.23 Å². The van der Waals surface area contributed by atoms with Crippen LogP contribution in [-0.2, 0) is 19.3 Å². The lowest BCUT2D eigenvalue weighted by atomic mass is 9.79. The largest absolute Gasteiger partial charge is 0.494 e. The van der Waals surface area contributed by atoms with Gasteiger partial charge in [-0.1, -0.05) is 63.1 Å². The molecule has 3 aromatic rings. The van der Waals surface area contributed by atoms with Crippen LogP contribution in [0.15, 0.2) is 48.5 Å². The van der Waals surface area contributed by atoms with Crippen LogP contribution in [-0.4, -0.2) is 6.61 Å². The number of rotatable bonds is 8. The Morgan fingerprint density at radius 2 is 1.80 bits per heavy atom. The predicted octanol–water partition coefficient (Wildman–Crippen LogP) is 7.77. The third kappa shape index (κ3) is 4.53. The van der Waals surface area contributed by atoms with Crippen LogP contribution in [0.5, 0.6) is 5.75 Å². The molecule has 0 aromatic heterocycles. The Labute approximate surface area is 180 Å². The Kier molecular flexibility index (Phi) is 6.72. The van der Waals surface area contributed by atoms with Gasteiger partial charge >= 0.3 is 0 Å². The van der Waals surface area contributed by atoms with Crippen LogP contribution in [0, 0.1) is 5.82 Å². The number of hydrogen-bond donors (Lipinski definition) is 0. The van der Waals surface area contributed by atoms with Crippen molar-refractivity contribution in [1.82, 2.24) is 0 Å². The molecule has 1 aliphatic rings. The highest BCUT2D eigenvalue weighted by Crippen LogP contribution is 2.37. The van der Waals surface area contributed by atoms with Crippen LogP contribution in [0.4, 0.5) is 4.39 Å². The van der Waals surface area contributed by atoms with Gasteiger partial charge in [-0.05, 0) is 84.2 Å². The summed E-state index contributed by atoms with van der Waals surface area (Å²) in [5.41, 5.74) is 4.88. The monoisotopic (exact) mass is 404 g/mol. The zero-order valence-electron chi connectivity index (χ0n) is 18.3. The van der Waals surface area contributed by atoms with E-state index in [9.17, 15) is 0 Å². The third-order valence-corrected chi connectivity index (χ3v) is 6.48. The van der Waals surface area contributed by atoms with Gasteiger partial charge in [-0.3, -0.25) is 0 Å². The smallest absolute Gasteiger partial charge is 0.134 e. The van der Waals surface area contributed by atoms with E-state index in [0.717, 1.165) is 67.2 Å². The summed E-state index contributed by atoms with van der Waals surface area (Å²) in [6.45, 7) is 5.16. The van der Waals surface area contributed by atoms with Crippen molar-refractivity contribution in [2.24, 2.45) is 0 Å². The number of ether oxygens (including phenoxy) is 1. The maximum atomic E-state index is 15.4. The Balaban J connectivity index is 1.53. The van der Waals surface area contributed by atoms with Crippen molar-refractivity contribution in [3.05, 3.63) is 76.6 Å². The molecule has 0 saturated heterocycles. The standard InChI is InChI=1S/C28H33FO/c1-3-5-7-20-8-14-26-23(17-20)12-15-27(28(26)29)24-10-9-22-19-25(30-16-6-4-2)13-11-21(22)18-24/h8,11-15,17,19,24H,3-7,9-10,16,18H2,1-2H3. The SMILES string of the molecule is CCCCOc1ccc2c(c1)CCC(c1ccc3cc(CCCC)ccc3c1F)C2. The zero-order chi connectivity index (χ0) is 20.9. The van der Waals surface area contributed by atoms with Crippen LogP contribution in [0.2, 0.25) is 0 Å². The summed E-state index contributed by atoms with van der Waals surface area (Å²) in [4.78, 5) is 0. The number of unbranched alkanes of at least 4 members (excludes halogenated alkanes) is 2. The quantitative estimate of drug-likeness (QED) is 0.348. The number of fused-ring (bicyclic) bond motifs is 2. The first-order chi connectivity index (χ1) is 14.7. The van der Waals surface area contributed by atoms with E-state index in [1.807, 2.05) is 12.1 Å². The van der Waals surface area contributed by atoms with Crippen molar-refractivity contribution in [2.75, 3.05) is 6.61 Å². The minimum atomic E-state index is -0.0255. The van der Waals surface area contributed by atoms with Gasteiger partial charge in [0.15, 0.2) is 0 Å². The van der Waals surface area contributed by atoms with Gasteiger partial charge in [-0.2, -0.15) is 0 Å². The highest BCUT2D eigenvalue weighted by atomic mass is 19.1. The average Bonchev–Trinajstić information content (AvgIpc) is 2.78. The molecule has 4 rings (SSSR count). The Morgan fingerprint density at radius 1 is 0.933 bits per heavy atom. The molecular formula is C28H33FO. The van der Waals surface area contributed by atoms with Crippen LogP contribution >= 0.6 is 0 Å². The van der Waals surface area contributed by atoms with E-state index in [4.69, 9.17) is 4.74 Å². The summed E-state index contributed by atoms with van der Waals surface area (Å²) < 4.78 is 21.3. The van der Waals surface area contributed by atoms with Gasteiger partial charge in [-0.25, -0.2) is 4.39 Å². The Morgan fingerprint density at radius 3 is 2.63 bits per heavy atom. The molecule has 1 unspecified atom stereocenters. The summed E-state index contributed by atoms with van der Waals surface area (Å²) in [5, 5.41) is 1.79. The fourth-order valence-electron chi connectivity index (χ4n) is 4.63. The molecule has 0 N–H and O–H groups in total. The van der Waals surface area contributed by atoms with Crippen LogP contribution in [0.3, 0.4) is 0 Å². The molecule has 0 radical (unpaired) electrons. The molecule has 1 nitrogen and oxygen atoms in total. The van der Waals surface area contributed by atoms with Crippen molar-refractivity contribution >= 4 is 10.8 Å². The van der Waals surface area contributed by atoms with E-state index >= 15 is 4.39 Å². The second-order valence-electron chi connectivity index (χ2n) is 8.70. The van der Waals surface area contributed by atoms with E-state index in [1.54, 1.807) is 0 Å². The van der Waals surface area contributed by atoms with E-state index < -0.39 is 0 Å². The highest BCUT2D eigenvalue weighted by molar-refractivity contribution is 5.84. The van der Waals surface area contributed by atoms with Gasteiger partial charge in [0, 0.05) is 5.39 Å². The molecule has 3 aromatic carbocycles. The van der Waals surface area contributed by atoms with Gasteiger partial charge in [-0.15, -0.1) is 0 Å². The fourth-order valence-corrected chi connectivity index (χ4v) is 4.63. The predicted molar refractivity (Wildman–Crippen MR) is 124 cm³/mol. The molecule has 0 aliphatic heterocycles. The van der Waals surface area contributed by atoms with Crippen molar-refractivity contribution in [3.8, 4) is 5.75 Å². The molecule has 0 bridgehead atoms. The molecule has 30 heavy (non-hydrogen) atoms. The molecule has 0 heterocycles. The molecule has 158 valence electrons. The van der Waals surface area contributed by atoms with Crippen LogP contribution in [0.25, 0.3) is 10.8 Å². The second-order valence-corrected chi connectivity index (χ2v) is 8.70. The number of hydrogen-bond acceptors (Lipinski definition) is 1. The van der Waals surface area contributed by atoms with Crippen molar-refractivity contribution in [2.45, 2.75) is 71.1 Å². The minimum absolute atomic E-state index is 0.0255. The lowest BCUT2D eigenvalue weighted by Gasteiger charge is -2.26. The molecule has 0 fully saturated rings. The molecule has 2 heteroatoms. The number of halogens is 1. The summed E-state index contributed by atoms with van der Waals surface area (Å²) in [6, 6.07) is 16.8. The maximum Gasteiger partial charge on any atom is 0.134 e. The summed E-state index contributed by atoms with van der Waals surface area (Å²) >= 11 is 0. The molecule has 1 atom stereocenters. The van der Waals surface area contributed by atoms with Crippen molar-refractivity contribution in [1.29, 1.82) is 0 Å². The molecule has 0 amide bonds. The second kappa shape index (κ2) is 9.64. The summed E-state index contributed by atoms with van der Waals surface area (Å²) in [5.74, 6) is 1.19. The van der Waals surface area contributed by atoms with Crippen LogP contribution < -0.4 is 4.74 Å². The maximum absolute atomic E-state index is 15.4. The Bertz CT molecular complexity index is 1010. The molecular weight excluding hydrogens is 371 g/mol. The first kappa shape index (κ1) is 20.9. The molecule has 1 aliphatic carbocycles. The summed E-state index contributed by atoms with van der Waals surface area (Å²) in [7, 11) is 0. The van der Waals surface area contributed by atoms with Gasteiger partial charge in [0.05, 0.1) is 6.61 Å². The van der Waals surface area contributed by atoms with E-state index in [0.29, 0.717) is 0 Å². The summed E-state index contributed by atoms with van der Waals surface area (Å²) in [6.07, 6.45) is 8.53. The van der Waals surface area contributed by atoms with E-state index in [2.05, 4.69) is 50.2 Å². The number of benzene rings is 3. The third-order valence-electron chi connectivity index (χ3n) is 6.48. The first-order valence-electron chi connectivity index (χ1n) is 11.6. The van der Waals surface area contributed by atoms with Gasteiger partial charge in [0.25, 0.3) is 0 Å². The average molecular weight is 405 g/mol. The van der Waals surface area contributed by atoms with Gasteiger partial charge in [0.1, 0.15) is 11.6 Å². The van der Waals surface area contributed by atoms with Crippen LogP contribution in [0.1, 0.15) is 74.1 Å². The highest BCUT2D eigenvalue weighted by Gasteiger charge is 2.24. The molecule has 0 saturated carbocycles. The lowest BCUT2D eigenvalue weighted by molar-refractivity contribution is 0.308. The van der Waals surface area contributed by atoms with Crippen molar-refractivity contribution < 1.29 is 9.13 Å². The van der Waals surface area contributed by atoms with Crippen molar-refractivity contribution in [3.63, 3.8) is 0 Å². The van der Waals surface area contributed by atoms with E-state index in [1.165, 1.54) is 29.5 Å². The minimum Gasteiger partial charge on any atom is -0.494 e. The normalized spacial score (nSPS) is 15.9. The van der Waals surface area contributed by atoms with Gasteiger partial charge < -0.3 is 4.74 Å².